The van der Waals surface area contributed by atoms with Gasteiger partial charge in [0.2, 0.25) is 0 Å². The Morgan fingerprint density at radius 3 is 2.75 bits per heavy atom. The Kier molecular flexibility index (Phi) is 5.35. The van der Waals surface area contributed by atoms with E-state index in [0.717, 1.165) is 30.7 Å². The van der Waals surface area contributed by atoms with Gasteiger partial charge in [-0.3, -0.25) is 4.79 Å². The van der Waals surface area contributed by atoms with Crippen molar-refractivity contribution in [2.45, 2.75) is 36.6 Å². The molecule has 0 bridgehead atoms. The van der Waals surface area contributed by atoms with Crippen molar-refractivity contribution in [2.75, 3.05) is 12.3 Å². The molecule has 1 aromatic carbocycles. The normalized spacial score (nSPS) is 17.7. The summed E-state index contributed by atoms with van der Waals surface area (Å²) in [6.07, 6.45) is 2.91. The first-order valence-corrected chi connectivity index (χ1v) is 8.32. The molecule has 0 heterocycles. The van der Waals surface area contributed by atoms with Crippen LogP contribution in [0.5, 0.6) is 0 Å². The number of thioether (sulfide) groups is 1. The van der Waals surface area contributed by atoms with Gasteiger partial charge in [0, 0.05) is 10.6 Å². The molecule has 0 saturated heterocycles. The van der Waals surface area contributed by atoms with Gasteiger partial charge < -0.3 is 10.4 Å². The number of hydrogen-bond donors (Lipinski definition) is 2. The third kappa shape index (κ3) is 3.48. The molecule has 110 valence electrons. The summed E-state index contributed by atoms with van der Waals surface area (Å²) < 4.78 is 0. The maximum absolute atomic E-state index is 11.8. The molecule has 0 aliphatic heterocycles. The molecule has 0 amide bonds. The fourth-order valence-electron chi connectivity index (χ4n) is 2.30. The van der Waals surface area contributed by atoms with Crippen LogP contribution in [0, 0.1) is 5.92 Å². The van der Waals surface area contributed by atoms with E-state index in [1.165, 1.54) is 11.8 Å². The average Bonchev–Trinajstić information content (AvgIpc) is 3.25. The molecular weight excluding hydrogens is 294 g/mol. The van der Waals surface area contributed by atoms with E-state index in [1.54, 1.807) is 0 Å². The third-order valence-corrected chi connectivity index (χ3v) is 5.35. The average molecular weight is 314 g/mol. The Labute approximate surface area is 129 Å². The van der Waals surface area contributed by atoms with Crippen LogP contribution in [0.2, 0.25) is 5.02 Å². The van der Waals surface area contributed by atoms with Gasteiger partial charge in [-0.05, 0) is 43.9 Å². The van der Waals surface area contributed by atoms with Crippen molar-refractivity contribution in [3.05, 3.63) is 29.3 Å². The molecule has 2 N–H and O–H groups in total. The number of hydrogen-bond acceptors (Lipinski definition) is 3. The molecule has 1 aliphatic rings. The number of carboxylic acids is 1. The molecule has 20 heavy (non-hydrogen) atoms. The van der Waals surface area contributed by atoms with E-state index in [2.05, 4.69) is 5.32 Å². The third-order valence-electron chi connectivity index (χ3n) is 3.64. The monoisotopic (exact) mass is 313 g/mol. The van der Waals surface area contributed by atoms with E-state index in [4.69, 9.17) is 11.6 Å². The predicted molar refractivity (Wildman–Crippen MR) is 83.6 cm³/mol. The van der Waals surface area contributed by atoms with Crippen molar-refractivity contribution >= 4 is 29.3 Å². The minimum atomic E-state index is -0.820. The van der Waals surface area contributed by atoms with E-state index in [-0.39, 0.29) is 5.92 Å². The molecule has 1 saturated carbocycles. The zero-order valence-corrected chi connectivity index (χ0v) is 13.1. The summed E-state index contributed by atoms with van der Waals surface area (Å²) in [6, 6.07) is 7.58. The number of nitrogens with one attached hydrogen (secondary N) is 1. The molecule has 0 radical (unpaired) electrons. The summed E-state index contributed by atoms with van der Waals surface area (Å²) in [5, 5.41) is 13.7. The maximum atomic E-state index is 11.8. The number of benzene rings is 1. The van der Waals surface area contributed by atoms with Crippen LogP contribution in [-0.4, -0.2) is 28.9 Å². The van der Waals surface area contributed by atoms with Crippen molar-refractivity contribution in [2.24, 2.45) is 5.92 Å². The summed E-state index contributed by atoms with van der Waals surface area (Å²) in [5.41, 5.74) is -0.820. The molecule has 1 aliphatic carbocycles. The number of aliphatic carboxylic acids is 1. The van der Waals surface area contributed by atoms with Crippen molar-refractivity contribution < 1.29 is 9.90 Å². The van der Waals surface area contributed by atoms with Crippen LogP contribution in [0.25, 0.3) is 0 Å². The zero-order chi connectivity index (χ0) is 14.6. The van der Waals surface area contributed by atoms with Gasteiger partial charge in [-0.25, -0.2) is 0 Å². The lowest BCUT2D eigenvalue weighted by Crippen LogP contribution is -2.56. The second-order valence-corrected chi connectivity index (χ2v) is 6.62. The minimum Gasteiger partial charge on any atom is -0.480 e. The van der Waals surface area contributed by atoms with Crippen LogP contribution in [0.1, 0.15) is 26.2 Å². The van der Waals surface area contributed by atoms with E-state index in [9.17, 15) is 9.90 Å². The van der Waals surface area contributed by atoms with Crippen LogP contribution < -0.4 is 5.32 Å². The van der Waals surface area contributed by atoms with E-state index in [0.29, 0.717) is 10.8 Å². The standard InChI is InChI=1S/C15H20ClNO2S/c1-2-9-17-15(14(18)19,11-7-8-11)10-20-13-6-4-3-5-12(13)16/h3-6,11,17H,2,7-10H2,1H3,(H,18,19). The van der Waals surface area contributed by atoms with E-state index in [1.807, 2.05) is 31.2 Å². The SMILES string of the molecule is CCCNC(CSc1ccccc1Cl)(C(=O)O)C1CC1. The molecule has 1 unspecified atom stereocenters. The number of carboxylic acid groups (broad SMARTS) is 1. The van der Waals surface area contributed by atoms with Gasteiger partial charge in [0.1, 0.15) is 5.54 Å². The first kappa shape index (κ1) is 15.7. The topological polar surface area (TPSA) is 49.3 Å². The van der Waals surface area contributed by atoms with Crippen LogP contribution in [0.15, 0.2) is 29.2 Å². The lowest BCUT2D eigenvalue weighted by molar-refractivity contribution is -0.144. The van der Waals surface area contributed by atoms with Crippen LogP contribution in [-0.2, 0) is 4.79 Å². The highest BCUT2D eigenvalue weighted by molar-refractivity contribution is 7.99. The Morgan fingerprint density at radius 2 is 2.20 bits per heavy atom. The zero-order valence-electron chi connectivity index (χ0n) is 11.6. The summed E-state index contributed by atoms with van der Waals surface area (Å²) >= 11 is 7.67. The van der Waals surface area contributed by atoms with Gasteiger partial charge in [-0.1, -0.05) is 30.7 Å². The van der Waals surface area contributed by atoms with Crippen molar-refractivity contribution in [3.63, 3.8) is 0 Å². The molecule has 3 nitrogen and oxygen atoms in total. The van der Waals surface area contributed by atoms with Crippen LogP contribution in [0.3, 0.4) is 0 Å². The van der Waals surface area contributed by atoms with Crippen molar-refractivity contribution in [1.29, 1.82) is 0 Å². The van der Waals surface area contributed by atoms with Gasteiger partial charge in [-0.2, -0.15) is 0 Å². The van der Waals surface area contributed by atoms with E-state index < -0.39 is 11.5 Å². The first-order valence-electron chi connectivity index (χ1n) is 6.96. The largest absolute Gasteiger partial charge is 0.480 e. The van der Waals surface area contributed by atoms with Crippen molar-refractivity contribution in [3.8, 4) is 0 Å². The minimum absolute atomic E-state index is 0.238. The highest BCUT2D eigenvalue weighted by atomic mass is 35.5. The fraction of sp³-hybridized carbons (Fsp3) is 0.533. The number of halogens is 1. The quantitative estimate of drug-likeness (QED) is 0.719. The maximum Gasteiger partial charge on any atom is 0.325 e. The second-order valence-electron chi connectivity index (χ2n) is 5.20. The smallest absolute Gasteiger partial charge is 0.325 e. The van der Waals surface area contributed by atoms with Crippen LogP contribution >= 0.6 is 23.4 Å². The molecule has 1 atom stereocenters. The Balaban J connectivity index is 2.11. The molecule has 5 heteroatoms. The number of rotatable bonds is 8. The number of carbonyl (C=O) groups is 1. The van der Waals surface area contributed by atoms with Gasteiger partial charge in [0.15, 0.2) is 0 Å². The van der Waals surface area contributed by atoms with Gasteiger partial charge in [-0.15, -0.1) is 11.8 Å². The lowest BCUT2D eigenvalue weighted by atomic mass is 9.95. The predicted octanol–water partition coefficient (Wildman–Crippen LogP) is 3.67. The summed E-state index contributed by atoms with van der Waals surface area (Å²) in [5.74, 6) is 0.00559. The second kappa shape index (κ2) is 6.83. The molecule has 0 aromatic heterocycles. The molecular formula is C15H20ClNO2S. The van der Waals surface area contributed by atoms with Gasteiger partial charge in [0.05, 0.1) is 5.02 Å². The summed E-state index contributed by atoms with van der Waals surface area (Å²) in [7, 11) is 0. The summed E-state index contributed by atoms with van der Waals surface area (Å²) in [6.45, 7) is 2.78. The Hall–Kier alpha value is -0.710. The Bertz CT molecular complexity index is 479. The van der Waals surface area contributed by atoms with Gasteiger partial charge >= 0.3 is 5.97 Å². The summed E-state index contributed by atoms with van der Waals surface area (Å²) in [4.78, 5) is 12.7. The first-order chi connectivity index (χ1) is 9.60. The molecule has 2 rings (SSSR count). The fourth-order valence-corrected chi connectivity index (χ4v) is 3.83. The molecule has 0 spiro atoms. The lowest BCUT2D eigenvalue weighted by Gasteiger charge is -2.30. The highest BCUT2D eigenvalue weighted by Gasteiger charge is 2.50. The Morgan fingerprint density at radius 1 is 1.50 bits per heavy atom. The molecule has 1 aromatic rings. The van der Waals surface area contributed by atoms with Crippen LogP contribution in [0.4, 0.5) is 0 Å². The highest BCUT2D eigenvalue weighted by Crippen LogP contribution is 2.43. The van der Waals surface area contributed by atoms with Crippen molar-refractivity contribution in [1.82, 2.24) is 5.32 Å². The van der Waals surface area contributed by atoms with Gasteiger partial charge in [0.25, 0.3) is 0 Å². The molecule has 1 fully saturated rings. The van der Waals surface area contributed by atoms with E-state index >= 15 is 0 Å².